The van der Waals surface area contributed by atoms with Gasteiger partial charge < -0.3 is 9.47 Å². The van der Waals surface area contributed by atoms with Crippen LogP contribution in [0.15, 0.2) is 24.3 Å². The normalized spacial score (nSPS) is 16.4. The van der Waals surface area contributed by atoms with Crippen molar-refractivity contribution in [2.75, 3.05) is 13.9 Å². The van der Waals surface area contributed by atoms with Gasteiger partial charge in [0.1, 0.15) is 5.75 Å². The van der Waals surface area contributed by atoms with E-state index in [0.29, 0.717) is 12.7 Å². The third-order valence-corrected chi connectivity index (χ3v) is 2.80. The molecule has 0 radical (unpaired) electrons. The van der Waals surface area contributed by atoms with Crippen LogP contribution < -0.4 is 4.74 Å². The number of para-hydroxylation sites is 1. The molecule has 2 nitrogen and oxygen atoms in total. The van der Waals surface area contributed by atoms with Crippen LogP contribution in [0.5, 0.6) is 5.75 Å². The van der Waals surface area contributed by atoms with E-state index < -0.39 is 0 Å². The fourth-order valence-corrected chi connectivity index (χ4v) is 1.79. The standard InChI is InChI=1S/C12H16O2/c1-13-9-14-12-8-3-2-7-11(12)10-5-4-6-10/h2-3,7-8,10H,4-6,9H2,1H3. The van der Waals surface area contributed by atoms with E-state index in [1.807, 2.05) is 12.1 Å². The summed E-state index contributed by atoms with van der Waals surface area (Å²) in [6.07, 6.45) is 3.95. The summed E-state index contributed by atoms with van der Waals surface area (Å²) in [5.74, 6) is 1.70. The van der Waals surface area contributed by atoms with Gasteiger partial charge in [-0.25, -0.2) is 0 Å². The minimum absolute atomic E-state index is 0.337. The molecule has 14 heavy (non-hydrogen) atoms. The van der Waals surface area contributed by atoms with Crippen LogP contribution in [-0.4, -0.2) is 13.9 Å². The second kappa shape index (κ2) is 4.47. The maximum atomic E-state index is 5.52. The predicted octanol–water partition coefficient (Wildman–Crippen LogP) is 2.94. The van der Waals surface area contributed by atoms with E-state index in [4.69, 9.17) is 9.47 Å². The summed E-state index contributed by atoms with van der Waals surface area (Å²) in [5, 5.41) is 0. The Kier molecular flexibility index (Phi) is 3.04. The van der Waals surface area contributed by atoms with Crippen molar-refractivity contribution in [1.29, 1.82) is 0 Å². The Bertz CT molecular complexity index is 292. The summed E-state index contributed by atoms with van der Waals surface area (Å²) < 4.78 is 10.4. The second-order valence-corrected chi connectivity index (χ2v) is 3.72. The van der Waals surface area contributed by atoms with E-state index in [1.54, 1.807) is 7.11 Å². The zero-order chi connectivity index (χ0) is 9.80. The SMILES string of the molecule is COCOc1ccccc1C1CCC1. The zero-order valence-electron chi connectivity index (χ0n) is 8.53. The molecule has 0 N–H and O–H groups in total. The number of hydrogen-bond donors (Lipinski definition) is 0. The first-order chi connectivity index (χ1) is 6.92. The quantitative estimate of drug-likeness (QED) is 0.683. The minimum atomic E-state index is 0.337. The molecule has 0 atom stereocenters. The molecule has 1 aromatic carbocycles. The van der Waals surface area contributed by atoms with E-state index in [1.165, 1.54) is 24.8 Å². The van der Waals surface area contributed by atoms with Crippen molar-refractivity contribution in [1.82, 2.24) is 0 Å². The summed E-state index contributed by atoms with van der Waals surface area (Å²) in [6, 6.07) is 8.27. The van der Waals surface area contributed by atoms with Gasteiger partial charge in [0.2, 0.25) is 0 Å². The van der Waals surface area contributed by atoms with Gasteiger partial charge in [0.25, 0.3) is 0 Å². The van der Waals surface area contributed by atoms with Crippen LogP contribution in [0.3, 0.4) is 0 Å². The first-order valence-corrected chi connectivity index (χ1v) is 5.12. The first-order valence-electron chi connectivity index (χ1n) is 5.12. The summed E-state index contributed by atoms with van der Waals surface area (Å²) in [4.78, 5) is 0. The third-order valence-electron chi connectivity index (χ3n) is 2.80. The van der Waals surface area contributed by atoms with Gasteiger partial charge in [-0.15, -0.1) is 0 Å². The largest absolute Gasteiger partial charge is 0.467 e. The molecule has 1 aliphatic carbocycles. The second-order valence-electron chi connectivity index (χ2n) is 3.72. The van der Waals surface area contributed by atoms with Crippen LogP contribution in [0, 0.1) is 0 Å². The van der Waals surface area contributed by atoms with Gasteiger partial charge in [0.15, 0.2) is 6.79 Å². The molecule has 0 spiro atoms. The molecule has 1 fully saturated rings. The maximum absolute atomic E-state index is 5.52. The van der Waals surface area contributed by atoms with E-state index >= 15 is 0 Å². The number of rotatable bonds is 4. The molecule has 0 heterocycles. The molecule has 0 amide bonds. The van der Waals surface area contributed by atoms with E-state index in [-0.39, 0.29) is 0 Å². The Morgan fingerprint density at radius 2 is 2.07 bits per heavy atom. The third kappa shape index (κ3) is 1.90. The molecule has 2 rings (SSSR count). The fraction of sp³-hybridized carbons (Fsp3) is 0.500. The van der Waals surface area contributed by atoms with Crippen LogP contribution in [-0.2, 0) is 4.74 Å². The highest BCUT2D eigenvalue weighted by molar-refractivity contribution is 5.37. The van der Waals surface area contributed by atoms with Crippen LogP contribution in [0.25, 0.3) is 0 Å². The summed E-state index contributed by atoms with van der Waals surface area (Å²) in [6.45, 7) is 0.337. The highest BCUT2D eigenvalue weighted by Gasteiger charge is 2.22. The molecule has 0 aliphatic heterocycles. The first kappa shape index (κ1) is 9.53. The zero-order valence-corrected chi connectivity index (χ0v) is 8.53. The maximum Gasteiger partial charge on any atom is 0.188 e. The van der Waals surface area contributed by atoms with Crippen molar-refractivity contribution < 1.29 is 9.47 Å². The Morgan fingerprint density at radius 3 is 2.71 bits per heavy atom. The molecule has 1 saturated carbocycles. The van der Waals surface area contributed by atoms with Gasteiger partial charge in [-0.1, -0.05) is 24.6 Å². The lowest BCUT2D eigenvalue weighted by Gasteiger charge is -2.27. The Hall–Kier alpha value is -1.02. The number of hydrogen-bond acceptors (Lipinski definition) is 2. The molecular weight excluding hydrogens is 176 g/mol. The number of methoxy groups -OCH3 is 1. The van der Waals surface area contributed by atoms with Crippen molar-refractivity contribution in [2.24, 2.45) is 0 Å². The molecule has 0 unspecified atom stereocenters. The van der Waals surface area contributed by atoms with E-state index in [2.05, 4.69) is 12.1 Å². The lowest BCUT2D eigenvalue weighted by molar-refractivity contribution is 0.0498. The monoisotopic (exact) mass is 192 g/mol. The molecule has 76 valence electrons. The lowest BCUT2D eigenvalue weighted by Crippen LogP contribution is -2.11. The van der Waals surface area contributed by atoms with Crippen molar-refractivity contribution >= 4 is 0 Å². The van der Waals surface area contributed by atoms with Gasteiger partial charge in [-0.3, -0.25) is 0 Å². The summed E-state index contributed by atoms with van der Waals surface area (Å²) in [5.41, 5.74) is 1.34. The summed E-state index contributed by atoms with van der Waals surface area (Å²) in [7, 11) is 1.64. The topological polar surface area (TPSA) is 18.5 Å². The fourth-order valence-electron chi connectivity index (χ4n) is 1.79. The predicted molar refractivity (Wildman–Crippen MR) is 55.5 cm³/mol. The van der Waals surface area contributed by atoms with E-state index in [0.717, 1.165) is 5.75 Å². The molecular formula is C12H16O2. The lowest BCUT2D eigenvalue weighted by atomic mass is 9.80. The van der Waals surface area contributed by atoms with Gasteiger partial charge in [-0.05, 0) is 30.4 Å². The Labute approximate surface area is 84.8 Å². The van der Waals surface area contributed by atoms with Gasteiger partial charge >= 0.3 is 0 Å². The highest BCUT2D eigenvalue weighted by Crippen LogP contribution is 2.40. The Morgan fingerprint density at radius 1 is 1.29 bits per heavy atom. The molecule has 1 aliphatic rings. The summed E-state index contributed by atoms with van der Waals surface area (Å²) >= 11 is 0. The van der Waals surface area contributed by atoms with Crippen LogP contribution in [0.2, 0.25) is 0 Å². The molecule has 2 heteroatoms. The van der Waals surface area contributed by atoms with Crippen molar-refractivity contribution in [3.05, 3.63) is 29.8 Å². The smallest absolute Gasteiger partial charge is 0.188 e. The molecule has 0 saturated heterocycles. The van der Waals surface area contributed by atoms with Crippen LogP contribution in [0.4, 0.5) is 0 Å². The van der Waals surface area contributed by atoms with Crippen molar-refractivity contribution in [3.8, 4) is 5.75 Å². The van der Waals surface area contributed by atoms with Crippen LogP contribution >= 0.6 is 0 Å². The van der Waals surface area contributed by atoms with Crippen molar-refractivity contribution in [3.63, 3.8) is 0 Å². The van der Waals surface area contributed by atoms with Gasteiger partial charge in [0.05, 0.1) is 0 Å². The Balaban J connectivity index is 2.11. The van der Waals surface area contributed by atoms with E-state index in [9.17, 15) is 0 Å². The average Bonchev–Trinajstić information content (AvgIpc) is 2.14. The van der Waals surface area contributed by atoms with Gasteiger partial charge in [0, 0.05) is 7.11 Å². The van der Waals surface area contributed by atoms with Crippen molar-refractivity contribution in [2.45, 2.75) is 25.2 Å². The number of benzene rings is 1. The average molecular weight is 192 g/mol. The van der Waals surface area contributed by atoms with Crippen LogP contribution in [0.1, 0.15) is 30.7 Å². The minimum Gasteiger partial charge on any atom is -0.467 e. The molecule has 0 bridgehead atoms. The highest BCUT2D eigenvalue weighted by atomic mass is 16.7. The van der Waals surface area contributed by atoms with Gasteiger partial charge in [-0.2, -0.15) is 0 Å². The molecule has 1 aromatic rings. The molecule has 0 aromatic heterocycles. The number of ether oxygens (including phenoxy) is 2.